The van der Waals surface area contributed by atoms with Crippen molar-refractivity contribution in [1.82, 2.24) is 9.97 Å². The Kier molecular flexibility index (Phi) is 4.52. The minimum absolute atomic E-state index is 0.429. The molecule has 5 heteroatoms. The molecule has 0 aliphatic carbocycles. The van der Waals surface area contributed by atoms with E-state index in [1.807, 2.05) is 6.07 Å². The maximum absolute atomic E-state index is 5.73. The van der Waals surface area contributed by atoms with Crippen LogP contribution in [-0.4, -0.2) is 16.5 Å². The van der Waals surface area contributed by atoms with Crippen LogP contribution in [0.2, 0.25) is 0 Å². The molecule has 1 aromatic carbocycles. The maximum Gasteiger partial charge on any atom is 0.170 e. The van der Waals surface area contributed by atoms with Crippen LogP contribution in [-0.2, 0) is 6.42 Å². The topological polar surface area (TPSA) is 63.8 Å². The second-order valence-electron chi connectivity index (χ2n) is 3.94. The standard InChI is InChI=1S/C13H15BrN4/c14-11-9-17-12(15)13(18-11)16-8-4-7-10-5-2-1-3-6-10/h1-3,5-6,9H,4,7-8H2,(H2,15,17)(H,16,18). The molecular weight excluding hydrogens is 292 g/mol. The Morgan fingerprint density at radius 1 is 1.22 bits per heavy atom. The number of hydrogen-bond acceptors (Lipinski definition) is 4. The van der Waals surface area contributed by atoms with E-state index in [1.165, 1.54) is 5.56 Å². The first kappa shape index (κ1) is 12.8. The van der Waals surface area contributed by atoms with E-state index in [1.54, 1.807) is 6.20 Å². The number of hydrogen-bond donors (Lipinski definition) is 2. The van der Waals surface area contributed by atoms with E-state index in [9.17, 15) is 0 Å². The average Bonchev–Trinajstić information content (AvgIpc) is 2.40. The third kappa shape index (κ3) is 3.70. The maximum atomic E-state index is 5.73. The normalized spacial score (nSPS) is 10.3. The summed E-state index contributed by atoms with van der Waals surface area (Å²) in [6, 6.07) is 10.4. The quantitative estimate of drug-likeness (QED) is 0.834. The minimum Gasteiger partial charge on any atom is -0.381 e. The Hall–Kier alpha value is -1.62. The number of nitrogens with two attached hydrogens (primary N) is 1. The Balaban J connectivity index is 1.80. The first-order chi connectivity index (χ1) is 8.75. The predicted molar refractivity (Wildman–Crippen MR) is 77.4 cm³/mol. The highest BCUT2D eigenvalue weighted by Crippen LogP contribution is 2.15. The lowest BCUT2D eigenvalue weighted by Crippen LogP contribution is -2.08. The molecule has 0 unspecified atom stereocenters. The molecule has 0 radical (unpaired) electrons. The molecule has 0 aliphatic heterocycles. The van der Waals surface area contributed by atoms with Gasteiger partial charge in [-0.25, -0.2) is 9.97 Å². The number of nitrogens with one attached hydrogen (secondary N) is 1. The first-order valence-corrected chi connectivity index (χ1v) is 6.61. The van der Waals surface area contributed by atoms with Gasteiger partial charge in [0.1, 0.15) is 4.60 Å². The van der Waals surface area contributed by atoms with E-state index in [0.29, 0.717) is 16.2 Å². The minimum atomic E-state index is 0.429. The molecule has 0 aliphatic rings. The van der Waals surface area contributed by atoms with Crippen LogP contribution in [0.25, 0.3) is 0 Å². The van der Waals surface area contributed by atoms with Crippen LogP contribution in [0.15, 0.2) is 41.1 Å². The summed E-state index contributed by atoms with van der Waals surface area (Å²) in [7, 11) is 0. The van der Waals surface area contributed by atoms with Gasteiger partial charge < -0.3 is 11.1 Å². The highest BCUT2D eigenvalue weighted by Gasteiger charge is 2.02. The van der Waals surface area contributed by atoms with Gasteiger partial charge >= 0.3 is 0 Å². The van der Waals surface area contributed by atoms with Crippen molar-refractivity contribution in [3.63, 3.8) is 0 Å². The molecule has 18 heavy (non-hydrogen) atoms. The first-order valence-electron chi connectivity index (χ1n) is 5.81. The fourth-order valence-electron chi connectivity index (χ4n) is 1.65. The van der Waals surface area contributed by atoms with E-state index in [4.69, 9.17) is 5.73 Å². The second kappa shape index (κ2) is 6.35. The molecule has 0 spiro atoms. The molecule has 0 saturated carbocycles. The number of aromatic nitrogens is 2. The Bertz CT molecular complexity index is 502. The molecular formula is C13H15BrN4. The van der Waals surface area contributed by atoms with E-state index >= 15 is 0 Å². The highest BCUT2D eigenvalue weighted by atomic mass is 79.9. The third-order valence-corrected chi connectivity index (χ3v) is 2.93. The summed E-state index contributed by atoms with van der Waals surface area (Å²) >= 11 is 3.27. The van der Waals surface area contributed by atoms with Crippen molar-refractivity contribution in [2.75, 3.05) is 17.6 Å². The van der Waals surface area contributed by atoms with Crippen LogP contribution in [0.3, 0.4) is 0 Å². The van der Waals surface area contributed by atoms with Crippen molar-refractivity contribution in [2.45, 2.75) is 12.8 Å². The molecule has 94 valence electrons. The van der Waals surface area contributed by atoms with Crippen LogP contribution in [0.1, 0.15) is 12.0 Å². The van der Waals surface area contributed by atoms with Crippen molar-refractivity contribution < 1.29 is 0 Å². The lowest BCUT2D eigenvalue weighted by Gasteiger charge is -2.07. The number of anilines is 2. The molecule has 0 fully saturated rings. The number of nitrogens with zero attached hydrogens (tertiary/aromatic N) is 2. The van der Waals surface area contributed by atoms with Crippen LogP contribution in [0.4, 0.5) is 11.6 Å². The van der Waals surface area contributed by atoms with Crippen molar-refractivity contribution in [3.05, 3.63) is 46.7 Å². The molecule has 0 saturated heterocycles. The predicted octanol–water partition coefficient (Wildman–Crippen LogP) is 2.87. The Labute approximate surface area is 115 Å². The summed E-state index contributed by atoms with van der Waals surface area (Å²) in [5.74, 6) is 1.07. The summed E-state index contributed by atoms with van der Waals surface area (Å²) in [5.41, 5.74) is 7.07. The van der Waals surface area contributed by atoms with E-state index in [-0.39, 0.29) is 0 Å². The fourth-order valence-corrected chi connectivity index (χ4v) is 1.93. The lowest BCUT2D eigenvalue weighted by atomic mass is 10.1. The number of rotatable bonds is 5. The molecule has 0 bridgehead atoms. The zero-order valence-electron chi connectivity index (χ0n) is 9.94. The second-order valence-corrected chi connectivity index (χ2v) is 4.75. The fraction of sp³-hybridized carbons (Fsp3) is 0.231. The van der Waals surface area contributed by atoms with Gasteiger partial charge in [-0.2, -0.15) is 0 Å². The molecule has 2 rings (SSSR count). The third-order valence-electron chi connectivity index (χ3n) is 2.55. The summed E-state index contributed by atoms with van der Waals surface area (Å²) < 4.78 is 0.683. The smallest absolute Gasteiger partial charge is 0.170 e. The van der Waals surface area contributed by atoms with Crippen molar-refractivity contribution >= 4 is 27.6 Å². The van der Waals surface area contributed by atoms with Gasteiger partial charge in [0.15, 0.2) is 11.6 Å². The highest BCUT2D eigenvalue weighted by molar-refractivity contribution is 9.10. The van der Waals surface area contributed by atoms with Gasteiger partial charge in [0.05, 0.1) is 6.20 Å². The average molecular weight is 307 g/mol. The Morgan fingerprint density at radius 3 is 2.78 bits per heavy atom. The van der Waals surface area contributed by atoms with E-state index in [0.717, 1.165) is 19.4 Å². The van der Waals surface area contributed by atoms with Crippen LogP contribution < -0.4 is 11.1 Å². The summed E-state index contributed by atoms with van der Waals surface area (Å²) in [6.07, 6.45) is 3.65. The summed E-state index contributed by atoms with van der Waals surface area (Å²) in [6.45, 7) is 0.824. The van der Waals surface area contributed by atoms with Crippen LogP contribution >= 0.6 is 15.9 Å². The molecule has 3 N–H and O–H groups in total. The summed E-state index contributed by atoms with van der Waals surface area (Å²) in [5, 5.41) is 3.20. The van der Waals surface area contributed by atoms with Gasteiger partial charge in [0.25, 0.3) is 0 Å². The molecule has 1 aromatic heterocycles. The van der Waals surface area contributed by atoms with Gasteiger partial charge in [-0.15, -0.1) is 0 Å². The van der Waals surface area contributed by atoms with Crippen molar-refractivity contribution in [1.29, 1.82) is 0 Å². The largest absolute Gasteiger partial charge is 0.381 e. The SMILES string of the molecule is Nc1ncc(Br)nc1NCCCc1ccccc1. The number of aryl methyl sites for hydroxylation is 1. The van der Waals surface area contributed by atoms with Crippen LogP contribution in [0.5, 0.6) is 0 Å². The van der Waals surface area contributed by atoms with Gasteiger partial charge in [-0.1, -0.05) is 30.3 Å². The summed E-state index contributed by atoms with van der Waals surface area (Å²) in [4.78, 5) is 8.26. The molecule has 1 heterocycles. The van der Waals surface area contributed by atoms with Gasteiger partial charge in [-0.3, -0.25) is 0 Å². The van der Waals surface area contributed by atoms with E-state index in [2.05, 4.69) is 55.5 Å². The monoisotopic (exact) mass is 306 g/mol. The van der Waals surface area contributed by atoms with Crippen LogP contribution in [0, 0.1) is 0 Å². The molecule has 0 amide bonds. The van der Waals surface area contributed by atoms with Gasteiger partial charge in [-0.05, 0) is 34.3 Å². The van der Waals surface area contributed by atoms with E-state index < -0.39 is 0 Å². The number of benzene rings is 1. The number of nitrogen functional groups attached to an aromatic ring is 1. The van der Waals surface area contributed by atoms with Gasteiger partial charge in [0, 0.05) is 6.54 Å². The molecule has 2 aromatic rings. The van der Waals surface area contributed by atoms with Crippen molar-refractivity contribution in [2.24, 2.45) is 0 Å². The zero-order chi connectivity index (χ0) is 12.8. The molecule has 4 nitrogen and oxygen atoms in total. The zero-order valence-corrected chi connectivity index (χ0v) is 11.5. The molecule has 0 atom stereocenters. The lowest BCUT2D eigenvalue weighted by molar-refractivity contribution is 0.857. The van der Waals surface area contributed by atoms with Crippen molar-refractivity contribution in [3.8, 4) is 0 Å². The Morgan fingerprint density at radius 2 is 2.00 bits per heavy atom. The number of halogens is 1. The van der Waals surface area contributed by atoms with Gasteiger partial charge in [0.2, 0.25) is 0 Å².